The van der Waals surface area contributed by atoms with Crippen molar-refractivity contribution in [2.75, 3.05) is 0 Å². The van der Waals surface area contributed by atoms with Gasteiger partial charge in [0.1, 0.15) is 11.4 Å². The van der Waals surface area contributed by atoms with Crippen molar-refractivity contribution in [3.63, 3.8) is 0 Å². The van der Waals surface area contributed by atoms with Crippen LogP contribution in [0.25, 0.3) is 11.0 Å². The molecule has 0 bridgehead atoms. The third-order valence-electron chi connectivity index (χ3n) is 4.55. The molecule has 0 atom stereocenters. The molecule has 0 radical (unpaired) electrons. The number of aromatic nitrogens is 3. The molecular weight excluding hydrogens is 322 g/mol. The highest BCUT2D eigenvalue weighted by Crippen LogP contribution is 2.39. The van der Waals surface area contributed by atoms with Gasteiger partial charge in [-0.1, -0.05) is 11.8 Å². The van der Waals surface area contributed by atoms with E-state index in [0.29, 0.717) is 17.4 Å². The third kappa shape index (κ3) is 2.75. The van der Waals surface area contributed by atoms with Crippen LogP contribution in [0.1, 0.15) is 41.4 Å². The average Bonchev–Trinajstić information content (AvgIpc) is 3.30. The van der Waals surface area contributed by atoms with Crippen molar-refractivity contribution >= 4 is 22.7 Å². The summed E-state index contributed by atoms with van der Waals surface area (Å²) >= 11 is 1.63. The van der Waals surface area contributed by atoms with Gasteiger partial charge in [-0.25, -0.2) is 4.79 Å². The number of nitrogens with zero attached hydrogens (tertiary/aromatic N) is 3. The molecule has 4 rings (SSSR count). The normalized spacial score (nSPS) is 14.5. The number of fused-ring (bicyclic) bond motifs is 1. The minimum Gasteiger partial charge on any atom is -0.423 e. The first-order valence-corrected chi connectivity index (χ1v) is 9.10. The Labute approximate surface area is 144 Å². The lowest BCUT2D eigenvalue weighted by molar-refractivity contribution is 0.559. The average molecular weight is 341 g/mol. The zero-order valence-electron chi connectivity index (χ0n) is 14.0. The minimum atomic E-state index is -0.304. The molecule has 2 heterocycles. The van der Waals surface area contributed by atoms with Crippen molar-refractivity contribution in [3.8, 4) is 0 Å². The predicted octanol–water partition coefficient (Wildman–Crippen LogP) is 3.94. The molecule has 0 N–H and O–H groups in total. The second kappa shape index (κ2) is 5.77. The predicted molar refractivity (Wildman–Crippen MR) is 94.5 cm³/mol. The van der Waals surface area contributed by atoms with Crippen LogP contribution >= 0.6 is 11.8 Å². The van der Waals surface area contributed by atoms with E-state index in [4.69, 9.17) is 4.42 Å². The van der Waals surface area contributed by atoms with Gasteiger partial charge >= 0.3 is 5.63 Å². The summed E-state index contributed by atoms with van der Waals surface area (Å²) in [6, 6.07) is 6.18. The molecule has 0 aliphatic heterocycles. The van der Waals surface area contributed by atoms with E-state index in [0.717, 1.165) is 27.5 Å². The Balaban J connectivity index is 1.70. The number of rotatable bonds is 4. The summed E-state index contributed by atoms with van der Waals surface area (Å²) in [6.45, 7) is 6.09. The largest absolute Gasteiger partial charge is 0.423 e. The Hall–Kier alpha value is -2.08. The summed E-state index contributed by atoms with van der Waals surface area (Å²) in [6.07, 6.45) is 2.39. The molecule has 0 amide bonds. The summed E-state index contributed by atoms with van der Waals surface area (Å²) < 4.78 is 7.58. The van der Waals surface area contributed by atoms with E-state index in [9.17, 15) is 4.79 Å². The Morgan fingerprint density at radius 3 is 2.67 bits per heavy atom. The second-order valence-electron chi connectivity index (χ2n) is 6.44. The first-order chi connectivity index (χ1) is 11.5. The Kier molecular flexibility index (Phi) is 3.72. The molecule has 1 saturated carbocycles. The Bertz CT molecular complexity index is 986. The van der Waals surface area contributed by atoms with Crippen molar-refractivity contribution in [2.45, 2.75) is 50.6 Å². The van der Waals surface area contributed by atoms with E-state index in [1.165, 1.54) is 18.4 Å². The quantitative estimate of drug-likeness (QED) is 0.531. The van der Waals surface area contributed by atoms with Crippen molar-refractivity contribution in [1.82, 2.24) is 14.8 Å². The van der Waals surface area contributed by atoms with E-state index in [1.807, 2.05) is 19.9 Å². The first kappa shape index (κ1) is 15.4. The molecule has 0 saturated heterocycles. The van der Waals surface area contributed by atoms with Crippen LogP contribution in [0.5, 0.6) is 0 Å². The summed E-state index contributed by atoms with van der Waals surface area (Å²) in [5.74, 6) is 1.64. The first-order valence-electron chi connectivity index (χ1n) is 8.11. The monoisotopic (exact) mass is 341 g/mol. The lowest BCUT2D eigenvalue weighted by atomic mass is 10.0. The van der Waals surface area contributed by atoms with Crippen LogP contribution in [0, 0.1) is 20.8 Å². The van der Waals surface area contributed by atoms with Gasteiger partial charge in [-0.15, -0.1) is 10.2 Å². The number of benzene rings is 1. The van der Waals surface area contributed by atoms with E-state index >= 15 is 0 Å². The van der Waals surface area contributed by atoms with Gasteiger partial charge in [-0.3, -0.25) is 0 Å². The van der Waals surface area contributed by atoms with Gasteiger partial charge in [0, 0.05) is 23.2 Å². The summed E-state index contributed by atoms with van der Waals surface area (Å²) in [5, 5.41) is 10.4. The van der Waals surface area contributed by atoms with Crippen LogP contribution in [-0.4, -0.2) is 14.8 Å². The van der Waals surface area contributed by atoms with E-state index in [1.54, 1.807) is 17.8 Å². The zero-order chi connectivity index (χ0) is 16.8. The van der Waals surface area contributed by atoms with Crippen LogP contribution in [0.3, 0.4) is 0 Å². The molecule has 1 aliphatic carbocycles. The van der Waals surface area contributed by atoms with Gasteiger partial charge in [0.05, 0.1) is 0 Å². The summed E-state index contributed by atoms with van der Waals surface area (Å²) in [7, 11) is 0. The van der Waals surface area contributed by atoms with Crippen LogP contribution in [0.2, 0.25) is 0 Å². The maximum atomic E-state index is 11.9. The van der Waals surface area contributed by atoms with E-state index < -0.39 is 0 Å². The molecule has 6 heteroatoms. The lowest BCUT2D eigenvalue weighted by Crippen LogP contribution is -2.02. The molecule has 5 nitrogen and oxygen atoms in total. The Morgan fingerprint density at radius 1 is 1.17 bits per heavy atom. The molecular formula is C18H19N3O2S. The highest BCUT2D eigenvalue weighted by atomic mass is 32.2. The van der Waals surface area contributed by atoms with Crippen molar-refractivity contribution in [2.24, 2.45) is 0 Å². The Morgan fingerprint density at radius 2 is 1.92 bits per heavy atom. The van der Waals surface area contributed by atoms with Crippen LogP contribution in [0.4, 0.5) is 0 Å². The third-order valence-corrected chi connectivity index (χ3v) is 5.54. The molecule has 1 aromatic carbocycles. The number of hydrogen-bond acceptors (Lipinski definition) is 5. The van der Waals surface area contributed by atoms with Crippen LogP contribution in [0.15, 0.2) is 32.6 Å². The standard InChI is InChI=1S/C18H19N3O2S/c1-10-6-15-13(8-17(22)23-16(15)7-11(10)2)9-24-18-20-19-12(3)21(18)14-4-5-14/h6-8,14H,4-5,9H2,1-3H3. The highest BCUT2D eigenvalue weighted by molar-refractivity contribution is 7.98. The van der Waals surface area contributed by atoms with E-state index in [-0.39, 0.29) is 5.63 Å². The fourth-order valence-electron chi connectivity index (χ4n) is 2.95. The van der Waals surface area contributed by atoms with Gasteiger partial charge in [0.2, 0.25) is 0 Å². The van der Waals surface area contributed by atoms with Gasteiger partial charge in [0.15, 0.2) is 5.16 Å². The SMILES string of the molecule is Cc1cc2oc(=O)cc(CSc3nnc(C)n3C3CC3)c2cc1C. The zero-order valence-corrected chi connectivity index (χ0v) is 14.8. The van der Waals surface area contributed by atoms with Crippen molar-refractivity contribution in [3.05, 3.63) is 51.1 Å². The highest BCUT2D eigenvalue weighted by Gasteiger charge is 2.28. The number of hydrogen-bond donors (Lipinski definition) is 0. The van der Waals surface area contributed by atoms with Crippen LogP contribution in [-0.2, 0) is 5.75 Å². The molecule has 1 aliphatic rings. The van der Waals surface area contributed by atoms with Gasteiger partial charge in [-0.05, 0) is 62.4 Å². The molecule has 2 aromatic heterocycles. The number of aryl methyl sites for hydroxylation is 3. The minimum absolute atomic E-state index is 0.304. The number of thioether (sulfide) groups is 1. The van der Waals surface area contributed by atoms with E-state index in [2.05, 4.69) is 27.8 Å². The fourth-order valence-corrected chi connectivity index (χ4v) is 3.99. The van der Waals surface area contributed by atoms with Gasteiger partial charge < -0.3 is 8.98 Å². The van der Waals surface area contributed by atoms with Crippen molar-refractivity contribution < 1.29 is 4.42 Å². The molecule has 3 aromatic rings. The summed E-state index contributed by atoms with van der Waals surface area (Å²) in [4.78, 5) is 11.9. The van der Waals surface area contributed by atoms with Crippen LogP contribution < -0.4 is 5.63 Å². The van der Waals surface area contributed by atoms with Gasteiger partial charge in [0.25, 0.3) is 0 Å². The molecule has 124 valence electrons. The molecule has 1 fully saturated rings. The maximum absolute atomic E-state index is 11.9. The lowest BCUT2D eigenvalue weighted by Gasteiger charge is -2.09. The molecule has 0 spiro atoms. The van der Waals surface area contributed by atoms with Gasteiger partial charge in [-0.2, -0.15) is 0 Å². The molecule has 0 unspecified atom stereocenters. The topological polar surface area (TPSA) is 60.9 Å². The smallest absolute Gasteiger partial charge is 0.336 e. The maximum Gasteiger partial charge on any atom is 0.336 e. The fraction of sp³-hybridized carbons (Fsp3) is 0.389. The second-order valence-corrected chi connectivity index (χ2v) is 7.39. The van der Waals surface area contributed by atoms with Crippen molar-refractivity contribution in [1.29, 1.82) is 0 Å². The summed E-state index contributed by atoms with van der Waals surface area (Å²) in [5.41, 5.74) is 3.65. The molecule has 24 heavy (non-hydrogen) atoms.